The molecule has 7 heteroatoms. The smallest absolute Gasteiger partial charge is 0.270 e. The molecule has 7 nitrogen and oxygen atoms in total. The van der Waals surface area contributed by atoms with E-state index >= 15 is 0 Å². The van der Waals surface area contributed by atoms with E-state index in [4.69, 9.17) is 0 Å². The molecule has 2 aromatic rings. The van der Waals surface area contributed by atoms with Crippen LogP contribution >= 0.6 is 0 Å². The molecule has 2 aromatic heterocycles. The van der Waals surface area contributed by atoms with Crippen LogP contribution in [0.2, 0.25) is 0 Å². The molecule has 3 N–H and O–H groups in total. The van der Waals surface area contributed by atoms with Crippen LogP contribution in [0.4, 0.5) is 5.95 Å². The normalized spacial score (nSPS) is 14.8. The molecule has 0 spiro atoms. The Labute approximate surface area is 135 Å². The number of rotatable bonds is 4. The second-order valence-corrected chi connectivity index (χ2v) is 5.60. The number of hydrogen-bond donors (Lipinski definition) is 3. The molecule has 0 bridgehead atoms. The van der Waals surface area contributed by atoms with Crippen molar-refractivity contribution in [3.63, 3.8) is 0 Å². The Hall–Kier alpha value is -2.41. The van der Waals surface area contributed by atoms with Gasteiger partial charge in [0.05, 0.1) is 5.69 Å². The van der Waals surface area contributed by atoms with E-state index in [1.807, 2.05) is 31.0 Å². The lowest BCUT2D eigenvalue weighted by molar-refractivity contribution is 0.0730. The van der Waals surface area contributed by atoms with E-state index in [1.165, 1.54) is 0 Å². The highest BCUT2D eigenvalue weighted by atomic mass is 16.2. The first-order chi connectivity index (χ1) is 11.2. The van der Waals surface area contributed by atoms with E-state index in [1.54, 1.807) is 6.20 Å². The fourth-order valence-corrected chi connectivity index (χ4v) is 2.67. The average Bonchev–Trinajstić information content (AvgIpc) is 3.07. The first kappa shape index (κ1) is 15.5. The second kappa shape index (κ2) is 6.78. The molecule has 3 heterocycles. The minimum absolute atomic E-state index is 0.0383. The Bertz CT molecular complexity index is 690. The predicted octanol–water partition coefficient (Wildman–Crippen LogP) is 1.26. The molecule has 0 aromatic carbocycles. The lowest BCUT2D eigenvalue weighted by Crippen LogP contribution is -2.46. The van der Waals surface area contributed by atoms with Crippen molar-refractivity contribution in [2.75, 3.05) is 38.0 Å². The lowest BCUT2D eigenvalue weighted by Gasteiger charge is -2.26. The summed E-state index contributed by atoms with van der Waals surface area (Å²) in [6, 6.07) is 1.87. The number of aryl methyl sites for hydroxylation is 1. The molecule has 23 heavy (non-hydrogen) atoms. The summed E-state index contributed by atoms with van der Waals surface area (Å²) < 4.78 is 0. The fraction of sp³-hybridized carbons (Fsp3) is 0.438. The molecule has 0 radical (unpaired) electrons. The van der Waals surface area contributed by atoms with Crippen molar-refractivity contribution in [3.8, 4) is 11.3 Å². The number of piperazine rings is 1. The highest BCUT2D eigenvalue weighted by molar-refractivity contribution is 5.94. The van der Waals surface area contributed by atoms with Crippen molar-refractivity contribution in [2.24, 2.45) is 0 Å². The summed E-state index contributed by atoms with van der Waals surface area (Å²) in [6.07, 6.45) is 3.63. The van der Waals surface area contributed by atoms with Gasteiger partial charge in [0.1, 0.15) is 5.69 Å². The van der Waals surface area contributed by atoms with Crippen LogP contribution in [0.5, 0.6) is 0 Å². The Morgan fingerprint density at radius 2 is 2.17 bits per heavy atom. The van der Waals surface area contributed by atoms with Crippen LogP contribution in [-0.4, -0.2) is 58.5 Å². The number of hydrogen-bond acceptors (Lipinski definition) is 5. The molecular formula is C16H22N6O. The van der Waals surface area contributed by atoms with Crippen LogP contribution in [-0.2, 0) is 0 Å². The zero-order valence-electron chi connectivity index (χ0n) is 13.5. The summed E-state index contributed by atoms with van der Waals surface area (Å²) >= 11 is 0. The highest BCUT2D eigenvalue weighted by Gasteiger charge is 2.20. The lowest BCUT2D eigenvalue weighted by atomic mass is 10.1. The molecule has 1 aliphatic rings. The van der Waals surface area contributed by atoms with Gasteiger partial charge in [-0.1, -0.05) is 0 Å². The van der Waals surface area contributed by atoms with Gasteiger partial charge in [-0.25, -0.2) is 9.97 Å². The van der Waals surface area contributed by atoms with E-state index in [0.717, 1.165) is 49.5 Å². The topological polar surface area (TPSA) is 85.9 Å². The van der Waals surface area contributed by atoms with Crippen LogP contribution in [0, 0.1) is 6.92 Å². The van der Waals surface area contributed by atoms with Gasteiger partial charge in [0.2, 0.25) is 5.95 Å². The summed E-state index contributed by atoms with van der Waals surface area (Å²) in [5, 5.41) is 6.36. The van der Waals surface area contributed by atoms with Gasteiger partial charge < -0.3 is 20.5 Å². The summed E-state index contributed by atoms with van der Waals surface area (Å²) in [4.78, 5) is 26.3. The van der Waals surface area contributed by atoms with Crippen molar-refractivity contribution < 1.29 is 4.79 Å². The molecule has 0 atom stereocenters. The Kier molecular flexibility index (Phi) is 4.57. The summed E-state index contributed by atoms with van der Waals surface area (Å²) in [6.45, 7) is 7.91. The van der Waals surface area contributed by atoms with Crippen molar-refractivity contribution in [1.82, 2.24) is 25.2 Å². The van der Waals surface area contributed by atoms with Crippen molar-refractivity contribution in [2.45, 2.75) is 13.8 Å². The molecule has 1 saturated heterocycles. The van der Waals surface area contributed by atoms with Crippen LogP contribution in [0.1, 0.15) is 23.0 Å². The predicted molar refractivity (Wildman–Crippen MR) is 89.5 cm³/mol. The highest BCUT2D eigenvalue weighted by Crippen LogP contribution is 2.23. The van der Waals surface area contributed by atoms with Crippen LogP contribution in [0.15, 0.2) is 18.5 Å². The SMILES string of the molecule is CCNc1ncc(C)c(-c2c[nH]c(C(=O)N3CCNCC3)c2)n1. The maximum absolute atomic E-state index is 12.5. The first-order valence-electron chi connectivity index (χ1n) is 7.95. The Morgan fingerprint density at radius 1 is 1.39 bits per heavy atom. The van der Waals surface area contributed by atoms with Crippen LogP contribution < -0.4 is 10.6 Å². The molecule has 0 unspecified atom stereocenters. The summed E-state index contributed by atoms with van der Waals surface area (Å²) in [5.41, 5.74) is 3.32. The fourth-order valence-electron chi connectivity index (χ4n) is 2.67. The molecule has 122 valence electrons. The maximum Gasteiger partial charge on any atom is 0.270 e. The van der Waals surface area contributed by atoms with E-state index < -0.39 is 0 Å². The monoisotopic (exact) mass is 314 g/mol. The molecule has 3 rings (SSSR count). The van der Waals surface area contributed by atoms with Gasteiger partial charge >= 0.3 is 0 Å². The van der Waals surface area contributed by atoms with Gasteiger partial charge in [0.15, 0.2) is 0 Å². The van der Waals surface area contributed by atoms with Gasteiger partial charge in [-0.15, -0.1) is 0 Å². The molecule has 0 aliphatic carbocycles. The van der Waals surface area contributed by atoms with Crippen molar-refractivity contribution in [3.05, 3.63) is 29.7 Å². The summed E-state index contributed by atoms with van der Waals surface area (Å²) in [7, 11) is 0. The molecule has 1 amide bonds. The number of carbonyl (C=O) groups is 1. The molecule has 0 saturated carbocycles. The number of anilines is 1. The third-order valence-corrected chi connectivity index (χ3v) is 3.90. The minimum Gasteiger partial charge on any atom is -0.357 e. The van der Waals surface area contributed by atoms with Crippen LogP contribution in [0.3, 0.4) is 0 Å². The first-order valence-corrected chi connectivity index (χ1v) is 7.95. The Morgan fingerprint density at radius 3 is 2.91 bits per heavy atom. The van der Waals surface area contributed by atoms with Crippen molar-refractivity contribution in [1.29, 1.82) is 0 Å². The minimum atomic E-state index is 0.0383. The largest absolute Gasteiger partial charge is 0.357 e. The van der Waals surface area contributed by atoms with E-state index in [2.05, 4.69) is 25.6 Å². The molecular weight excluding hydrogens is 292 g/mol. The summed E-state index contributed by atoms with van der Waals surface area (Å²) in [5.74, 6) is 0.639. The molecule has 1 aliphatic heterocycles. The standard InChI is InChI=1S/C16H22N6O/c1-3-18-16-20-9-11(2)14(21-16)12-8-13(19-10-12)15(23)22-6-4-17-5-7-22/h8-10,17,19H,3-7H2,1-2H3,(H,18,20,21). The maximum atomic E-state index is 12.5. The van der Waals surface area contributed by atoms with Gasteiger partial charge in [-0.2, -0.15) is 0 Å². The number of H-pyrrole nitrogens is 1. The number of aromatic nitrogens is 3. The van der Waals surface area contributed by atoms with E-state index in [-0.39, 0.29) is 5.91 Å². The van der Waals surface area contributed by atoms with E-state index in [9.17, 15) is 4.79 Å². The van der Waals surface area contributed by atoms with Gasteiger partial charge in [-0.3, -0.25) is 4.79 Å². The number of nitrogens with one attached hydrogen (secondary N) is 3. The molecule has 1 fully saturated rings. The van der Waals surface area contributed by atoms with Crippen molar-refractivity contribution >= 4 is 11.9 Å². The van der Waals surface area contributed by atoms with Gasteiger partial charge in [0.25, 0.3) is 5.91 Å². The second-order valence-electron chi connectivity index (χ2n) is 5.60. The van der Waals surface area contributed by atoms with Crippen LogP contribution in [0.25, 0.3) is 11.3 Å². The average molecular weight is 314 g/mol. The quantitative estimate of drug-likeness (QED) is 0.791. The van der Waals surface area contributed by atoms with Gasteiger partial charge in [-0.05, 0) is 25.5 Å². The van der Waals surface area contributed by atoms with E-state index in [0.29, 0.717) is 11.6 Å². The third kappa shape index (κ3) is 3.34. The third-order valence-electron chi connectivity index (χ3n) is 3.90. The number of amides is 1. The zero-order valence-corrected chi connectivity index (χ0v) is 13.5. The number of nitrogens with zero attached hydrogens (tertiary/aromatic N) is 3. The number of aromatic amines is 1. The number of carbonyl (C=O) groups excluding carboxylic acids is 1. The van der Waals surface area contributed by atoms with Gasteiger partial charge in [0, 0.05) is 50.7 Å². The Balaban J connectivity index is 1.84. The zero-order chi connectivity index (χ0) is 16.2.